The lowest BCUT2D eigenvalue weighted by atomic mass is 10.1. The molecule has 0 fully saturated rings. The maximum Gasteiger partial charge on any atom is 0.326 e. The number of nitrogen functional groups attached to an aromatic ring is 1. The van der Waals surface area contributed by atoms with E-state index < -0.39 is 17.9 Å². The summed E-state index contributed by atoms with van der Waals surface area (Å²) in [6, 6.07) is 4.06. The zero-order chi connectivity index (χ0) is 13.7. The summed E-state index contributed by atoms with van der Waals surface area (Å²) in [5.41, 5.74) is 7.49. The summed E-state index contributed by atoms with van der Waals surface area (Å²) < 4.78 is 0. The maximum absolute atomic E-state index is 11.9. The average Bonchev–Trinajstić information content (AvgIpc) is 2.31. The van der Waals surface area contributed by atoms with Gasteiger partial charge in [-0.3, -0.25) is 4.79 Å². The molecule has 0 saturated carbocycles. The monoisotopic (exact) mass is 250 g/mol. The van der Waals surface area contributed by atoms with Crippen molar-refractivity contribution in [3.63, 3.8) is 0 Å². The summed E-state index contributed by atoms with van der Waals surface area (Å²) >= 11 is 0. The number of rotatable bonds is 5. The van der Waals surface area contributed by atoms with Crippen molar-refractivity contribution in [1.29, 1.82) is 0 Å². The molecule has 4 N–H and O–H groups in total. The van der Waals surface area contributed by atoms with Crippen molar-refractivity contribution < 1.29 is 14.7 Å². The van der Waals surface area contributed by atoms with Gasteiger partial charge in [-0.05, 0) is 31.0 Å². The molecule has 0 heterocycles. The number of carbonyl (C=O) groups excluding carboxylic acids is 1. The largest absolute Gasteiger partial charge is 0.480 e. The molecule has 0 spiro atoms. The van der Waals surface area contributed by atoms with E-state index in [9.17, 15) is 9.59 Å². The first kappa shape index (κ1) is 14.0. The number of nitrogens with one attached hydrogen (secondary N) is 1. The van der Waals surface area contributed by atoms with Crippen molar-refractivity contribution >= 4 is 17.6 Å². The normalized spacial score (nSPS) is 11.9. The second kappa shape index (κ2) is 6.05. The second-order valence-electron chi connectivity index (χ2n) is 4.22. The van der Waals surface area contributed by atoms with Crippen molar-refractivity contribution in [2.75, 3.05) is 5.73 Å². The van der Waals surface area contributed by atoms with E-state index in [0.29, 0.717) is 24.1 Å². The molecule has 1 aromatic rings. The third kappa shape index (κ3) is 3.48. The number of benzene rings is 1. The predicted molar refractivity (Wildman–Crippen MR) is 69.4 cm³/mol. The number of carboxylic acids is 1. The van der Waals surface area contributed by atoms with E-state index >= 15 is 0 Å². The van der Waals surface area contributed by atoms with E-state index in [0.717, 1.165) is 5.56 Å². The van der Waals surface area contributed by atoms with E-state index in [-0.39, 0.29) is 0 Å². The molecule has 98 valence electrons. The topological polar surface area (TPSA) is 92.4 Å². The Bertz CT molecular complexity index is 458. The number of hydrogen-bond acceptors (Lipinski definition) is 3. The molecule has 0 aliphatic heterocycles. The van der Waals surface area contributed by atoms with Gasteiger partial charge in [-0.1, -0.05) is 19.4 Å². The Morgan fingerprint density at radius 1 is 1.44 bits per heavy atom. The molecule has 1 aromatic carbocycles. The van der Waals surface area contributed by atoms with Gasteiger partial charge in [0.05, 0.1) is 0 Å². The molecule has 0 bridgehead atoms. The first-order chi connectivity index (χ1) is 8.45. The van der Waals surface area contributed by atoms with Crippen LogP contribution in [0.25, 0.3) is 0 Å². The summed E-state index contributed by atoms with van der Waals surface area (Å²) in [7, 11) is 0. The van der Waals surface area contributed by atoms with Gasteiger partial charge in [-0.25, -0.2) is 4.79 Å². The molecule has 18 heavy (non-hydrogen) atoms. The van der Waals surface area contributed by atoms with Gasteiger partial charge >= 0.3 is 5.97 Å². The van der Waals surface area contributed by atoms with Gasteiger partial charge in [-0.2, -0.15) is 0 Å². The smallest absolute Gasteiger partial charge is 0.326 e. The van der Waals surface area contributed by atoms with E-state index in [1.54, 1.807) is 18.2 Å². The average molecular weight is 250 g/mol. The summed E-state index contributed by atoms with van der Waals surface area (Å²) in [4.78, 5) is 22.8. The van der Waals surface area contributed by atoms with Crippen LogP contribution in [0.1, 0.15) is 35.7 Å². The third-order valence-corrected chi connectivity index (χ3v) is 2.72. The van der Waals surface area contributed by atoms with E-state index in [1.165, 1.54) is 0 Å². The molecule has 0 unspecified atom stereocenters. The van der Waals surface area contributed by atoms with Crippen LogP contribution in [0.2, 0.25) is 0 Å². The predicted octanol–water partition coefficient (Wildman–Crippen LogP) is 1.56. The number of anilines is 1. The lowest BCUT2D eigenvalue weighted by Crippen LogP contribution is -2.40. The van der Waals surface area contributed by atoms with Crippen LogP contribution < -0.4 is 11.1 Å². The summed E-state index contributed by atoms with van der Waals surface area (Å²) in [5, 5.41) is 11.4. The molecule has 1 atom stereocenters. The zero-order valence-electron chi connectivity index (χ0n) is 10.6. The quantitative estimate of drug-likeness (QED) is 0.691. The Balaban J connectivity index is 2.80. The minimum Gasteiger partial charge on any atom is -0.480 e. The highest BCUT2D eigenvalue weighted by Crippen LogP contribution is 2.13. The molecule has 0 aliphatic carbocycles. The number of carbonyl (C=O) groups is 2. The summed E-state index contributed by atoms with van der Waals surface area (Å²) in [5.74, 6) is -1.44. The van der Waals surface area contributed by atoms with Gasteiger partial charge in [0.15, 0.2) is 0 Å². The Kier molecular flexibility index (Phi) is 4.71. The van der Waals surface area contributed by atoms with Gasteiger partial charge < -0.3 is 16.2 Å². The van der Waals surface area contributed by atoms with Crippen molar-refractivity contribution in [3.05, 3.63) is 29.3 Å². The molecule has 1 rings (SSSR count). The Morgan fingerprint density at radius 2 is 2.11 bits per heavy atom. The molecule has 5 heteroatoms. The van der Waals surface area contributed by atoms with Crippen LogP contribution in [-0.2, 0) is 4.79 Å². The SMILES string of the molecule is CCC[C@H](NC(=O)c1ccc(C)c(N)c1)C(=O)O. The fourth-order valence-electron chi connectivity index (χ4n) is 1.57. The molecule has 0 saturated heterocycles. The van der Waals surface area contributed by atoms with Crippen LogP contribution >= 0.6 is 0 Å². The minimum atomic E-state index is -1.02. The van der Waals surface area contributed by atoms with Crippen LogP contribution in [0.5, 0.6) is 0 Å². The number of aliphatic carboxylic acids is 1. The fraction of sp³-hybridized carbons (Fsp3) is 0.385. The van der Waals surface area contributed by atoms with Gasteiger partial charge in [0.1, 0.15) is 6.04 Å². The van der Waals surface area contributed by atoms with Crippen LogP contribution in [0.4, 0.5) is 5.69 Å². The van der Waals surface area contributed by atoms with Gasteiger partial charge in [-0.15, -0.1) is 0 Å². The molecule has 0 aromatic heterocycles. The highest BCUT2D eigenvalue weighted by Gasteiger charge is 2.19. The van der Waals surface area contributed by atoms with Crippen molar-refractivity contribution in [1.82, 2.24) is 5.32 Å². The van der Waals surface area contributed by atoms with E-state index in [4.69, 9.17) is 10.8 Å². The number of carboxylic acid groups (broad SMARTS) is 1. The lowest BCUT2D eigenvalue weighted by Gasteiger charge is -2.14. The number of hydrogen-bond donors (Lipinski definition) is 3. The lowest BCUT2D eigenvalue weighted by molar-refractivity contribution is -0.139. The molecule has 5 nitrogen and oxygen atoms in total. The van der Waals surface area contributed by atoms with Crippen molar-refractivity contribution in [3.8, 4) is 0 Å². The van der Waals surface area contributed by atoms with Gasteiger partial charge in [0.25, 0.3) is 5.91 Å². The number of nitrogens with two attached hydrogens (primary N) is 1. The fourth-order valence-corrected chi connectivity index (χ4v) is 1.57. The highest BCUT2D eigenvalue weighted by atomic mass is 16.4. The first-order valence-electron chi connectivity index (χ1n) is 5.85. The third-order valence-electron chi connectivity index (χ3n) is 2.72. The zero-order valence-corrected chi connectivity index (χ0v) is 10.6. The molecule has 0 radical (unpaired) electrons. The van der Waals surface area contributed by atoms with Crippen LogP contribution in [0.15, 0.2) is 18.2 Å². The molecular formula is C13H18N2O3. The van der Waals surface area contributed by atoms with Crippen molar-refractivity contribution in [2.45, 2.75) is 32.7 Å². The number of aryl methyl sites for hydroxylation is 1. The number of amides is 1. The highest BCUT2D eigenvalue weighted by molar-refractivity contribution is 5.97. The van der Waals surface area contributed by atoms with Crippen LogP contribution in [0.3, 0.4) is 0 Å². The minimum absolute atomic E-state index is 0.375. The molecule has 1 amide bonds. The Labute approximate surface area is 106 Å². The molecular weight excluding hydrogens is 232 g/mol. The van der Waals surface area contributed by atoms with Gasteiger partial charge in [0, 0.05) is 11.3 Å². The summed E-state index contributed by atoms with van der Waals surface area (Å²) in [6.45, 7) is 3.71. The van der Waals surface area contributed by atoms with Gasteiger partial charge in [0.2, 0.25) is 0 Å². The first-order valence-corrected chi connectivity index (χ1v) is 5.85. The molecule has 0 aliphatic rings. The van der Waals surface area contributed by atoms with Crippen LogP contribution in [-0.4, -0.2) is 23.0 Å². The van der Waals surface area contributed by atoms with Crippen molar-refractivity contribution in [2.24, 2.45) is 0 Å². The van der Waals surface area contributed by atoms with E-state index in [2.05, 4.69) is 5.32 Å². The maximum atomic E-state index is 11.9. The second-order valence-corrected chi connectivity index (χ2v) is 4.22. The Morgan fingerprint density at radius 3 is 2.61 bits per heavy atom. The van der Waals surface area contributed by atoms with Crippen LogP contribution in [0, 0.1) is 6.92 Å². The van der Waals surface area contributed by atoms with E-state index in [1.807, 2.05) is 13.8 Å². The standard InChI is InChI=1S/C13H18N2O3/c1-3-4-11(13(17)18)15-12(16)9-6-5-8(2)10(14)7-9/h5-7,11H,3-4,14H2,1-2H3,(H,15,16)(H,17,18)/t11-/m0/s1. The summed E-state index contributed by atoms with van der Waals surface area (Å²) in [6.07, 6.45) is 1.09. The Hall–Kier alpha value is -2.04.